The third kappa shape index (κ3) is 2.72. The fourth-order valence-electron chi connectivity index (χ4n) is 3.63. The van der Waals surface area contributed by atoms with Gasteiger partial charge < -0.3 is 10.0 Å². The second-order valence-electron chi connectivity index (χ2n) is 6.50. The highest BCUT2D eigenvalue weighted by Gasteiger charge is 2.41. The summed E-state index contributed by atoms with van der Waals surface area (Å²) in [6, 6.07) is 24.3. The van der Waals surface area contributed by atoms with E-state index in [0.717, 1.165) is 11.1 Å². The zero-order valence-electron chi connectivity index (χ0n) is 13.8. The standard InChI is InChI=1S/C22H19BO2/c24-23(25)22(19-9-2-1-3-10-19)15-13-18(14-16-22)21-12-6-8-17-7-4-5-11-20(17)21/h1-15,24-25H,16H2/t22-/m0/s1. The Balaban J connectivity index is 1.76. The van der Waals surface area contributed by atoms with Gasteiger partial charge in [-0.25, -0.2) is 0 Å². The minimum Gasteiger partial charge on any atom is -0.426 e. The van der Waals surface area contributed by atoms with Crippen molar-refractivity contribution >= 4 is 23.5 Å². The van der Waals surface area contributed by atoms with Crippen molar-refractivity contribution in [3.63, 3.8) is 0 Å². The third-order valence-corrected chi connectivity index (χ3v) is 5.09. The highest BCUT2D eigenvalue weighted by molar-refractivity contribution is 6.46. The average Bonchev–Trinajstić information content (AvgIpc) is 2.68. The topological polar surface area (TPSA) is 40.5 Å². The van der Waals surface area contributed by atoms with Gasteiger partial charge in [0.1, 0.15) is 0 Å². The summed E-state index contributed by atoms with van der Waals surface area (Å²) in [4.78, 5) is 0. The van der Waals surface area contributed by atoms with E-state index < -0.39 is 12.4 Å². The van der Waals surface area contributed by atoms with E-state index in [1.54, 1.807) is 0 Å². The Hall–Kier alpha value is -2.62. The molecule has 4 rings (SSSR count). The SMILES string of the molecule is OB(O)[C@@]1(c2ccccc2)C=CC(c2cccc3ccccc23)=CC1. The van der Waals surface area contributed by atoms with E-state index in [1.807, 2.05) is 54.6 Å². The van der Waals surface area contributed by atoms with Crippen LogP contribution in [0.4, 0.5) is 0 Å². The van der Waals surface area contributed by atoms with Crippen molar-refractivity contribution in [2.45, 2.75) is 11.7 Å². The zero-order valence-corrected chi connectivity index (χ0v) is 13.8. The van der Waals surface area contributed by atoms with E-state index in [-0.39, 0.29) is 0 Å². The number of hydrogen-bond acceptors (Lipinski definition) is 2. The van der Waals surface area contributed by atoms with E-state index in [9.17, 15) is 10.0 Å². The van der Waals surface area contributed by atoms with E-state index in [1.165, 1.54) is 16.3 Å². The lowest BCUT2D eigenvalue weighted by atomic mass is 9.51. The summed E-state index contributed by atoms with van der Waals surface area (Å²) in [5.74, 6) is 0. The average molecular weight is 326 g/mol. The molecule has 3 aromatic rings. The maximum Gasteiger partial charge on any atom is 0.467 e. The molecular formula is C22H19BO2. The number of benzene rings is 3. The number of hydrogen-bond donors (Lipinski definition) is 2. The molecular weight excluding hydrogens is 307 g/mol. The van der Waals surface area contributed by atoms with Gasteiger partial charge in [-0.05, 0) is 33.9 Å². The molecule has 0 unspecified atom stereocenters. The Morgan fingerprint density at radius 3 is 2.24 bits per heavy atom. The van der Waals surface area contributed by atoms with Gasteiger partial charge in [0.15, 0.2) is 0 Å². The molecule has 1 aliphatic carbocycles. The van der Waals surface area contributed by atoms with Crippen molar-refractivity contribution in [2.24, 2.45) is 0 Å². The van der Waals surface area contributed by atoms with E-state index >= 15 is 0 Å². The Labute approximate surface area is 147 Å². The van der Waals surface area contributed by atoms with Gasteiger partial charge in [-0.15, -0.1) is 0 Å². The van der Waals surface area contributed by atoms with E-state index in [0.29, 0.717) is 6.42 Å². The van der Waals surface area contributed by atoms with Gasteiger partial charge in [0.05, 0.1) is 5.31 Å². The van der Waals surface area contributed by atoms with Crippen molar-refractivity contribution in [3.8, 4) is 0 Å². The van der Waals surface area contributed by atoms with Gasteiger partial charge in [0, 0.05) is 0 Å². The summed E-state index contributed by atoms with van der Waals surface area (Å²) in [6.45, 7) is 0. The molecule has 0 aliphatic heterocycles. The van der Waals surface area contributed by atoms with Crippen LogP contribution in [0.1, 0.15) is 17.5 Å². The molecule has 0 bridgehead atoms. The van der Waals surface area contributed by atoms with Crippen LogP contribution in [0.2, 0.25) is 0 Å². The quantitative estimate of drug-likeness (QED) is 0.711. The molecule has 0 radical (unpaired) electrons. The molecule has 0 aromatic heterocycles. The molecule has 3 heteroatoms. The molecule has 3 aromatic carbocycles. The highest BCUT2D eigenvalue weighted by Crippen LogP contribution is 2.38. The molecule has 0 heterocycles. The monoisotopic (exact) mass is 326 g/mol. The van der Waals surface area contributed by atoms with Crippen LogP contribution < -0.4 is 0 Å². The van der Waals surface area contributed by atoms with Crippen LogP contribution in [0.5, 0.6) is 0 Å². The van der Waals surface area contributed by atoms with E-state index in [2.05, 4.69) is 36.4 Å². The Morgan fingerprint density at radius 1 is 0.800 bits per heavy atom. The van der Waals surface area contributed by atoms with E-state index in [4.69, 9.17) is 0 Å². The second-order valence-corrected chi connectivity index (χ2v) is 6.50. The lowest BCUT2D eigenvalue weighted by Crippen LogP contribution is -2.42. The Bertz CT molecular complexity index is 955. The largest absolute Gasteiger partial charge is 0.467 e. The van der Waals surface area contributed by atoms with Gasteiger partial charge in [0.25, 0.3) is 0 Å². The second kappa shape index (κ2) is 6.36. The van der Waals surface area contributed by atoms with Crippen molar-refractivity contribution in [1.82, 2.24) is 0 Å². The van der Waals surface area contributed by atoms with Crippen LogP contribution in [-0.2, 0) is 5.31 Å². The molecule has 25 heavy (non-hydrogen) atoms. The lowest BCUT2D eigenvalue weighted by molar-refractivity contribution is 0.363. The van der Waals surface area contributed by atoms with Crippen LogP contribution in [0, 0.1) is 0 Å². The molecule has 2 nitrogen and oxygen atoms in total. The molecule has 0 saturated carbocycles. The zero-order chi connectivity index (χ0) is 17.3. The molecule has 0 saturated heterocycles. The van der Waals surface area contributed by atoms with Crippen LogP contribution in [0.3, 0.4) is 0 Å². The predicted molar refractivity (Wildman–Crippen MR) is 104 cm³/mol. The van der Waals surface area contributed by atoms with Gasteiger partial charge >= 0.3 is 7.12 Å². The highest BCUT2D eigenvalue weighted by atomic mass is 16.4. The molecule has 2 N–H and O–H groups in total. The normalized spacial score (nSPS) is 19.7. The summed E-state index contributed by atoms with van der Waals surface area (Å²) < 4.78 is 0. The maximum absolute atomic E-state index is 10.1. The predicted octanol–water partition coefficient (Wildman–Crippen LogP) is 4.13. The molecule has 0 fully saturated rings. The first-order valence-corrected chi connectivity index (χ1v) is 8.50. The van der Waals surface area contributed by atoms with Gasteiger partial charge in [-0.3, -0.25) is 0 Å². The fourth-order valence-corrected chi connectivity index (χ4v) is 3.63. The molecule has 122 valence electrons. The summed E-state index contributed by atoms with van der Waals surface area (Å²) in [5, 5.41) is 21.8. The number of fused-ring (bicyclic) bond motifs is 1. The number of rotatable bonds is 3. The molecule has 1 aliphatic rings. The number of allylic oxidation sites excluding steroid dienone is 4. The minimum absolute atomic E-state index is 0.545. The summed E-state index contributed by atoms with van der Waals surface area (Å²) >= 11 is 0. The third-order valence-electron chi connectivity index (χ3n) is 5.09. The first kappa shape index (κ1) is 15.9. The molecule has 0 amide bonds. The van der Waals surface area contributed by atoms with Crippen molar-refractivity contribution in [2.75, 3.05) is 0 Å². The van der Waals surface area contributed by atoms with Gasteiger partial charge in [-0.2, -0.15) is 0 Å². The molecule has 0 spiro atoms. The summed E-state index contributed by atoms with van der Waals surface area (Å²) in [6.07, 6.45) is 6.60. The lowest BCUT2D eigenvalue weighted by Gasteiger charge is -2.32. The summed E-state index contributed by atoms with van der Waals surface area (Å²) in [5.41, 5.74) is 3.20. The Kier molecular flexibility index (Phi) is 4.04. The summed E-state index contributed by atoms with van der Waals surface area (Å²) in [7, 11) is -1.45. The Morgan fingerprint density at radius 2 is 1.52 bits per heavy atom. The van der Waals surface area contributed by atoms with Crippen LogP contribution in [-0.4, -0.2) is 17.2 Å². The maximum atomic E-state index is 10.1. The smallest absolute Gasteiger partial charge is 0.426 e. The molecule has 1 atom stereocenters. The van der Waals surface area contributed by atoms with Crippen molar-refractivity contribution < 1.29 is 10.0 Å². The van der Waals surface area contributed by atoms with Crippen LogP contribution >= 0.6 is 0 Å². The van der Waals surface area contributed by atoms with Crippen molar-refractivity contribution in [1.29, 1.82) is 0 Å². The van der Waals surface area contributed by atoms with Crippen LogP contribution in [0.15, 0.2) is 91.0 Å². The fraction of sp³-hybridized carbons (Fsp3) is 0.0909. The van der Waals surface area contributed by atoms with Crippen LogP contribution in [0.25, 0.3) is 16.3 Å². The van der Waals surface area contributed by atoms with Crippen molar-refractivity contribution in [3.05, 3.63) is 102 Å². The first-order chi connectivity index (χ1) is 12.2. The first-order valence-electron chi connectivity index (χ1n) is 8.50. The minimum atomic E-state index is -1.45. The van der Waals surface area contributed by atoms with Gasteiger partial charge in [-0.1, -0.05) is 91.0 Å². The van der Waals surface area contributed by atoms with Gasteiger partial charge in [0.2, 0.25) is 0 Å².